The van der Waals surface area contributed by atoms with Crippen molar-refractivity contribution in [1.29, 1.82) is 0 Å². The van der Waals surface area contributed by atoms with Crippen LogP contribution >= 0.6 is 11.6 Å². The highest BCUT2D eigenvalue weighted by Gasteiger charge is 2.36. The van der Waals surface area contributed by atoms with E-state index in [9.17, 15) is 8.42 Å². The molecule has 0 amide bonds. The van der Waals surface area contributed by atoms with E-state index in [1.54, 1.807) is 0 Å². The molecule has 17 heavy (non-hydrogen) atoms. The second-order valence-electron chi connectivity index (χ2n) is 4.12. The van der Waals surface area contributed by atoms with E-state index >= 15 is 0 Å². The van der Waals surface area contributed by atoms with Gasteiger partial charge in [0.2, 0.25) is 10.0 Å². The summed E-state index contributed by atoms with van der Waals surface area (Å²) >= 11 is 5.85. The monoisotopic (exact) mass is 274 g/mol. The van der Waals surface area contributed by atoms with Gasteiger partial charge in [-0.2, -0.15) is 4.31 Å². The van der Waals surface area contributed by atoms with Crippen molar-refractivity contribution in [2.45, 2.75) is 30.7 Å². The Balaban J connectivity index is 2.39. The molecule has 1 aromatic carbocycles. The van der Waals surface area contributed by atoms with E-state index in [0.717, 1.165) is 12.8 Å². The van der Waals surface area contributed by atoms with Crippen LogP contribution in [0.2, 0.25) is 5.02 Å². The minimum absolute atomic E-state index is 0.154. The summed E-state index contributed by atoms with van der Waals surface area (Å²) in [5.74, 6) is 0. The summed E-state index contributed by atoms with van der Waals surface area (Å²) in [6.07, 6.45) is 1.88. The van der Waals surface area contributed by atoms with E-state index in [-0.39, 0.29) is 16.0 Å². The van der Waals surface area contributed by atoms with Crippen LogP contribution in [0, 0.1) is 0 Å². The maximum atomic E-state index is 12.3. The van der Waals surface area contributed by atoms with E-state index in [1.165, 1.54) is 22.5 Å². The Hall–Kier alpha value is -0.780. The molecule has 0 spiro atoms. The van der Waals surface area contributed by atoms with Crippen molar-refractivity contribution in [3.63, 3.8) is 0 Å². The SMILES string of the molecule is CCN(C1CC1)S(=O)(=O)c1ccc(N)c(Cl)c1. The summed E-state index contributed by atoms with van der Waals surface area (Å²) in [5, 5.41) is 0.276. The van der Waals surface area contributed by atoms with Gasteiger partial charge in [0.25, 0.3) is 0 Å². The summed E-state index contributed by atoms with van der Waals surface area (Å²) in [5.41, 5.74) is 5.96. The average Bonchev–Trinajstić information content (AvgIpc) is 3.07. The Bertz CT molecular complexity index is 526. The Morgan fingerprint density at radius 3 is 2.59 bits per heavy atom. The third kappa shape index (κ3) is 2.41. The summed E-state index contributed by atoms with van der Waals surface area (Å²) < 4.78 is 26.2. The fourth-order valence-electron chi connectivity index (χ4n) is 1.79. The molecule has 0 bridgehead atoms. The van der Waals surface area contributed by atoms with Gasteiger partial charge in [-0.3, -0.25) is 0 Å². The van der Waals surface area contributed by atoms with Gasteiger partial charge in [0, 0.05) is 12.6 Å². The molecule has 0 radical (unpaired) electrons. The number of hydrogen-bond donors (Lipinski definition) is 1. The van der Waals surface area contributed by atoms with Crippen LogP contribution in [0.5, 0.6) is 0 Å². The number of rotatable bonds is 4. The first kappa shape index (κ1) is 12.7. The summed E-state index contributed by atoms with van der Waals surface area (Å²) in [6.45, 7) is 2.32. The highest BCUT2D eigenvalue weighted by molar-refractivity contribution is 7.89. The van der Waals surface area contributed by atoms with Crippen molar-refractivity contribution in [3.05, 3.63) is 23.2 Å². The fourth-order valence-corrected chi connectivity index (χ4v) is 3.76. The maximum absolute atomic E-state index is 12.3. The lowest BCUT2D eigenvalue weighted by Crippen LogP contribution is -2.32. The largest absolute Gasteiger partial charge is 0.398 e. The molecule has 0 heterocycles. The Labute approximate surface area is 106 Å². The zero-order valence-corrected chi connectivity index (χ0v) is 11.1. The Kier molecular flexibility index (Phi) is 3.34. The first-order valence-electron chi connectivity index (χ1n) is 5.53. The second kappa shape index (κ2) is 4.48. The van der Waals surface area contributed by atoms with Crippen LogP contribution in [-0.2, 0) is 10.0 Å². The van der Waals surface area contributed by atoms with Gasteiger partial charge in [-0.25, -0.2) is 8.42 Å². The number of sulfonamides is 1. The third-order valence-electron chi connectivity index (χ3n) is 2.84. The maximum Gasteiger partial charge on any atom is 0.243 e. The number of anilines is 1. The van der Waals surface area contributed by atoms with Crippen LogP contribution in [0.4, 0.5) is 5.69 Å². The number of nitrogens with zero attached hydrogens (tertiary/aromatic N) is 1. The van der Waals surface area contributed by atoms with Crippen LogP contribution in [0.1, 0.15) is 19.8 Å². The van der Waals surface area contributed by atoms with Crippen LogP contribution < -0.4 is 5.73 Å². The minimum Gasteiger partial charge on any atom is -0.398 e. The molecule has 1 fully saturated rings. The molecular formula is C11H15ClN2O2S. The van der Waals surface area contributed by atoms with E-state index in [0.29, 0.717) is 12.2 Å². The molecule has 0 aromatic heterocycles. The molecule has 1 aliphatic carbocycles. The summed E-state index contributed by atoms with van der Waals surface area (Å²) in [7, 11) is -3.43. The van der Waals surface area contributed by atoms with E-state index in [1.807, 2.05) is 6.92 Å². The van der Waals surface area contributed by atoms with Crippen molar-refractivity contribution in [2.24, 2.45) is 0 Å². The smallest absolute Gasteiger partial charge is 0.243 e. The van der Waals surface area contributed by atoms with E-state index < -0.39 is 10.0 Å². The van der Waals surface area contributed by atoms with E-state index in [4.69, 9.17) is 17.3 Å². The topological polar surface area (TPSA) is 63.4 Å². The predicted octanol–water partition coefficient (Wildman–Crippen LogP) is 2.10. The van der Waals surface area contributed by atoms with Crippen LogP contribution in [0.25, 0.3) is 0 Å². The molecule has 6 heteroatoms. The second-order valence-corrected chi connectivity index (χ2v) is 6.42. The van der Waals surface area contributed by atoms with Gasteiger partial charge in [0.05, 0.1) is 15.6 Å². The van der Waals surface area contributed by atoms with Crippen molar-refractivity contribution in [1.82, 2.24) is 4.31 Å². The Morgan fingerprint density at radius 2 is 2.12 bits per heavy atom. The zero-order valence-electron chi connectivity index (χ0n) is 9.56. The summed E-state index contributed by atoms with van der Waals surface area (Å²) in [6, 6.07) is 4.59. The third-order valence-corrected chi connectivity index (χ3v) is 5.20. The fraction of sp³-hybridized carbons (Fsp3) is 0.455. The standard InChI is InChI=1S/C11H15ClN2O2S/c1-2-14(8-3-4-8)17(15,16)9-5-6-11(13)10(12)7-9/h5-8H,2-4,13H2,1H3. The van der Waals surface area contributed by atoms with Gasteiger partial charge in [0.1, 0.15) is 0 Å². The minimum atomic E-state index is -3.43. The Morgan fingerprint density at radius 1 is 1.47 bits per heavy atom. The lowest BCUT2D eigenvalue weighted by Gasteiger charge is -2.20. The highest BCUT2D eigenvalue weighted by Crippen LogP contribution is 2.33. The number of benzene rings is 1. The van der Waals surface area contributed by atoms with Gasteiger partial charge in [-0.1, -0.05) is 18.5 Å². The average molecular weight is 275 g/mol. The lowest BCUT2D eigenvalue weighted by atomic mass is 10.3. The number of halogens is 1. The number of nitrogen functional groups attached to an aromatic ring is 1. The molecule has 0 saturated heterocycles. The quantitative estimate of drug-likeness (QED) is 0.855. The molecule has 2 rings (SSSR count). The first-order valence-corrected chi connectivity index (χ1v) is 7.35. The van der Waals surface area contributed by atoms with Crippen LogP contribution in [0.3, 0.4) is 0 Å². The molecule has 1 saturated carbocycles. The van der Waals surface area contributed by atoms with Crippen molar-refractivity contribution in [3.8, 4) is 0 Å². The molecule has 94 valence electrons. The molecule has 0 aliphatic heterocycles. The van der Waals surface area contributed by atoms with Crippen LogP contribution in [0.15, 0.2) is 23.1 Å². The highest BCUT2D eigenvalue weighted by atomic mass is 35.5. The van der Waals surface area contributed by atoms with Gasteiger partial charge in [-0.05, 0) is 31.0 Å². The summed E-state index contributed by atoms with van der Waals surface area (Å²) in [4.78, 5) is 0.213. The zero-order chi connectivity index (χ0) is 12.6. The normalized spacial score (nSPS) is 16.4. The van der Waals surface area contributed by atoms with E-state index in [2.05, 4.69) is 0 Å². The van der Waals surface area contributed by atoms with Crippen LogP contribution in [-0.4, -0.2) is 25.3 Å². The van der Waals surface area contributed by atoms with Gasteiger partial charge in [-0.15, -0.1) is 0 Å². The van der Waals surface area contributed by atoms with Gasteiger partial charge in [0.15, 0.2) is 0 Å². The molecular weight excluding hydrogens is 260 g/mol. The molecule has 0 unspecified atom stereocenters. The van der Waals surface area contributed by atoms with Crippen molar-refractivity contribution >= 4 is 27.3 Å². The molecule has 2 N–H and O–H groups in total. The van der Waals surface area contributed by atoms with Gasteiger partial charge >= 0.3 is 0 Å². The first-order chi connectivity index (χ1) is 7.96. The van der Waals surface area contributed by atoms with Crippen molar-refractivity contribution in [2.75, 3.05) is 12.3 Å². The number of hydrogen-bond acceptors (Lipinski definition) is 3. The molecule has 0 atom stereocenters. The van der Waals surface area contributed by atoms with Gasteiger partial charge < -0.3 is 5.73 Å². The lowest BCUT2D eigenvalue weighted by molar-refractivity contribution is 0.421. The molecule has 1 aliphatic rings. The molecule has 1 aromatic rings. The number of nitrogens with two attached hydrogens (primary N) is 1. The van der Waals surface area contributed by atoms with Crippen molar-refractivity contribution < 1.29 is 8.42 Å². The molecule has 4 nitrogen and oxygen atoms in total. The predicted molar refractivity (Wildman–Crippen MR) is 68.5 cm³/mol.